The summed E-state index contributed by atoms with van der Waals surface area (Å²) >= 11 is 0. The molecule has 0 aromatic heterocycles. The Morgan fingerprint density at radius 1 is 1.46 bits per heavy atom. The summed E-state index contributed by atoms with van der Waals surface area (Å²) in [5.41, 5.74) is 0. The van der Waals surface area contributed by atoms with Crippen LogP contribution in [0.1, 0.15) is 27.2 Å². The van der Waals surface area contributed by atoms with Crippen molar-refractivity contribution >= 4 is 5.91 Å². The van der Waals surface area contributed by atoms with Crippen molar-refractivity contribution in [3.05, 3.63) is 12.7 Å². The fraction of sp³-hybridized carbons (Fsp3) is 0.700. The van der Waals surface area contributed by atoms with Crippen molar-refractivity contribution in [2.75, 3.05) is 6.54 Å². The minimum absolute atomic E-state index is 0.0961. The molecule has 1 atom stereocenters. The highest BCUT2D eigenvalue weighted by molar-refractivity contribution is 5.76. The predicted molar refractivity (Wildman–Crippen MR) is 55.6 cm³/mol. The van der Waals surface area contributed by atoms with Gasteiger partial charge in [0, 0.05) is 25.0 Å². The summed E-state index contributed by atoms with van der Waals surface area (Å²) in [6.07, 6.45) is 2.34. The molecular formula is C10H20N2O. The van der Waals surface area contributed by atoms with Crippen LogP contribution in [0.25, 0.3) is 0 Å². The number of amides is 1. The molecule has 76 valence electrons. The minimum Gasteiger partial charge on any atom is -0.354 e. The molecule has 0 rings (SSSR count). The fourth-order valence-corrected chi connectivity index (χ4v) is 0.891. The van der Waals surface area contributed by atoms with E-state index in [0.717, 1.165) is 0 Å². The third-order valence-corrected chi connectivity index (χ3v) is 1.62. The summed E-state index contributed by atoms with van der Waals surface area (Å²) in [7, 11) is 0. The summed E-state index contributed by atoms with van der Waals surface area (Å²) < 4.78 is 0. The second-order valence-corrected chi connectivity index (χ2v) is 3.45. The SMILES string of the molecule is C=CC(C)NCCC(=O)NC(C)C. The normalized spacial score (nSPS) is 12.6. The van der Waals surface area contributed by atoms with Gasteiger partial charge in [0.05, 0.1) is 0 Å². The van der Waals surface area contributed by atoms with Crippen LogP contribution >= 0.6 is 0 Å². The van der Waals surface area contributed by atoms with Gasteiger partial charge in [-0.05, 0) is 20.8 Å². The summed E-state index contributed by atoms with van der Waals surface area (Å²) in [6, 6.07) is 0.496. The molecule has 1 amide bonds. The van der Waals surface area contributed by atoms with Gasteiger partial charge in [-0.15, -0.1) is 6.58 Å². The molecule has 0 aliphatic carbocycles. The molecule has 0 aromatic rings. The third-order valence-electron chi connectivity index (χ3n) is 1.62. The molecule has 0 bridgehead atoms. The molecule has 0 aliphatic heterocycles. The van der Waals surface area contributed by atoms with Crippen molar-refractivity contribution < 1.29 is 4.79 Å². The largest absolute Gasteiger partial charge is 0.354 e. The van der Waals surface area contributed by atoms with Crippen LogP contribution in [0.5, 0.6) is 0 Å². The molecule has 0 aliphatic rings. The number of nitrogens with one attached hydrogen (secondary N) is 2. The molecule has 0 aromatic carbocycles. The van der Waals surface area contributed by atoms with Gasteiger partial charge in [0.1, 0.15) is 0 Å². The molecular weight excluding hydrogens is 164 g/mol. The second kappa shape index (κ2) is 6.66. The standard InChI is InChI=1S/C10H20N2O/c1-5-9(4)11-7-6-10(13)12-8(2)3/h5,8-9,11H,1,6-7H2,2-4H3,(H,12,13). The zero-order valence-corrected chi connectivity index (χ0v) is 8.76. The highest BCUT2D eigenvalue weighted by Crippen LogP contribution is 1.85. The van der Waals surface area contributed by atoms with Gasteiger partial charge in [-0.3, -0.25) is 4.79 Å². The van der Waals surface area contributed by atoms with E-state index < -0.39 is 0 Å². The number of hydrogen-bond donors (Lipinski definition) is 2. The smallest absolute Gasteiger partial charge is 0.221 e. The maximum Gasteiger partial charge on any atom is 0.221 e. The van der Waals surface area contributed by atoms with E-state index in [1.54, 1.807) is 0 Å². The molecule has 0 radical (unpaired) electrons. The predicted octanol–water partition coefficient (Wildman–Crippen LogP) is 1.07. The van der Waals surface area contributed by atoms with E-state index in [0.29, 0.717) is 13.0 Å². The Morgan fingerprint density at radius 3 is 2.54 bits per heavy atom. The molecule has 0 spiro atoms. The number of hydrogen-bond acceptors (Lipinski definition) is 2. The quantitative estimate of drug-likeness (QED) is 0.606. The third kappa shape index (κ3) is 7.53. The van der Waals surface area contributed by atoms with Crippen molar-refractivity contribution in [1.29, 1.82) is 0 Å². The molecule has 13 heavy (non-hydrogen) atoms. The number of carbonyl (C=O) groups excluding carboxylic acids is 1. The number of rotatable bonds is 6. The molecule has 2 N–H and O–H groups in total. The maximum atomic E-state index is 11.1. The lowest BCUT2D eigenvalue weighted by Crippen LogP contribution is -2.34. The van der Waals surface area contributed by atoms with Gasteiger partial charge in [0.25, 0.3) is 0 Å². The van der Waals surface area contributed by atoms with Crippen LogP contribution in [-0.4, -0.2) is 24.5 Å². The van der Waals surface area contributed by atoms with Crippen molar-refractivity contribution in [2.45, 2.75) is 39.3 Å². The van der Waals surface area contributed by atoms with E-state index in [9.17, 15) is 4.79 Å². The van der Waals surface area contributed by atoms with Gasteiger partial charge in [0.2, 0.25) is 5.91 Å². The van der Waals surface area contributed by atoms with Crippen LogP contribution in [0, 0.1) is 0 Å². The molecule has 3 nitrogen and oxygen atoms in total. The van der Waals surface area contributed by atoms with Crippen LogP contribution < -0.4 is 10.6 Å². The number of carbonyl (C=O) groups is 1. The van der Waals surface area contributed by atoms with E-state index in [2.05, 4.69) is 17.2 Å². The highest BCUT2D eigenvalue weighted by atomic mass is 16.1. The van der Waals surface area contributed by atoms with Crippen molar-refractivity contribution in [2.24, 2.45) is 0 Å². The lowest BCUT2D eigenvalue weighted by molar-refractivity contribution is -0.121. The van der Waals surface area contributed by atoms with Crippen LogP contribution in [0.3, 0.4) is 0 Å². The first-order valence-corrected chi connectivity index (χ1v) is 4.71. The first kappa shape index (κ1) is 12.2. The van der Waals surface area contributed by atoms with Gasteiger partial charge in [0.15, 0.2) is 0 Å². The topological polar surface area (TPSA) is 41.1 Å². The Balaban J connectivity index is 3.42. The lowest BCUT2D eigenvalue weighted by Gasteiger charge is -2.10. The summed E-state index contributed by atoms with van der Waals surface area (Å²) in [5, 5.41) is 5.99. The minimum atomic E-state index is 0.0961. The van der Waals surface area contributed by atoms with Gasteiger partial charge in [-0.1, -0.05) is 6.08 Å². The highest BCUT2D eigenvalue weighted by Gasteiger charge is 2.02. The zero-order chi connectivity index (χ0) is 10.3. The Labute approximate surface area is 80.6 Å². The monoisotopic (exact) mass is 184 g/mol. The molecule has 1 unspecified atom stereocenters. The summed E-state index contributed by atoms with van der Waals surface area (Å²) in [5.74, 6) is 0.0961. The van der Waals surface area contributed by atoms with E-state index >= 15 is 0 Å². The van der Waals surface area contributed by atoms with Gasteiger partial charge in [-0.2, -0.15) is 0 Å². The van der Waals surface area contributed by atoms with E-state index in [1.165, 1.54) is 0 Å². The Bertz CT molecular complexity index is 166. The second-order valence-electron chi connectivity index (χ2n) is 3.45. The van der Waals surface area contributed by atoms with Crippen molar-refractivity contribution in [1.82, 2.24) is 10.6 Å². The molecule has 0 saturated heterocycles. The van der Waals surface area contributed by atoms with Crippen LogP contribution in [0.2, 0.25) is 0 Å². The van der Waals surface area contributed by atoms with Gasteiger partial charge >= 0.3 is 0 Å². The summed E-state index contributed by atoms with van der Waals surface area (Å²) in [6.45, 7) is 10.3. The molecule has 3 heteroatoms. The fourth-order valence-electron chi connectivity index (χ4n) is 0.891. The zero-order valence-electron chi connectivity index (χ0n) is 8.76. The van der Waals surface area contributed by atoms with Crippen LogP contribution in [0.15, 0.2) is 12.7 Å². The van der Waals surface area contributed by atoms with Crippen LogP contribution in [0.4, 0.5) is 0 Å². The molecule has 0 fully saturated rings. The average Bonchev–Trinajstić information content (AvgIpc) is 2.02. The average molecular weight is 184 g/mol. The van der Waals surface area contributed by atoms with Crippen molar-refractivity contribution in [3.63, 3.8) is 0 Å². The maximum absolute atomic E-state index is 11.1. The Kier molecular flexibility index (Phi) is 6.24. The molecule has 0 saturated carbocycles. The first-order valence-electron chi connectivity index (χ1n) is 4.71. The summed E-state index contributed by atoms with van der Waals surface area (Å²) in [4.78, 5) is 11.1. The van der Waals surface area contributed by atoms with E-state index in [-0.39, 0.29) is 18.0 Å². The van der Waals surface area contributed by atoms with E-state index in [1.807, 2.05) is 26.8 Å². The first-order chi connectivity index (χ1) is 6.06. The van der Waals surface area contributed by atoms with E-state index in [4.69, 9.17) is 0 Å². The van der Waals surface area contributed by atoms with Gasteiger partial charge < -0.3 is 10.6 Å². The van der Waals surface area contributed by atoms with Crippen molar-refractivity contribution in [3.8, 4) is 0 Å². The van der Waals surface area contributed by atoms with Crippen LogP contribution in [-0.2, 0) is 4.79 Å². The molecule has 0 heterocycles. The Morgan fingerprint density at radius 2 is 2.08 bits per heavy atom. The lowest BCUT2D eigenvalue weighted by atomic mass is 10.3. The van der Waals surface area contributed by atoms with Gasteiger partial charge in [-0.25, -0.2) is 0 Å². The Hall–Kier alpha value is -0.830.